The fraction of sp³-hybridized carbons (Fsp3) is 0.278. The summed E-state index contributed by atoms with van der Waals surface area (Å²) in [5.41, 5.74) is 3.14. The summed E-state index contributed by atoms with van der Waals surface area (Å²) in [5.74, 6) is 0.575. The number of nitrogens with one attached hydrogen (secondary N) is 1. The van der Waals surface area contributed by atoms with Gasteiger partial charge in [0.15, 0.2) is 0 Å². The molecule has 0 saturated heterocycles. The highest BCUT2D eigenvalue weighted by molar-refractivity contribution is 7.18. The number of hydrogen-bond acceptors (Lipinski definition) is 4. The van der Waals surface area contributed by atoms with Crippen LogP contribution in [-0.4, -0.2) is 32.8 Å². The molecule has 0 fully saturated rings. The van der Waals surface area contributed by atoms with Crippen molar-refractivity contribution in [3.05, 3.63) is 57.0 Å². The van der Waals surface area contributed by atoms with E-state index in [2.05, 4.69) is 17.2 Å². The summed E-state index contributed by atoms with van der Waals surface area (Å²) >= 11 is 1.71. The number of likely N-dealkylation sites (N-methyl/N-ethyl adjacent to an activating group) is 1. The van der Waals surface area contributed by atoms with E-state index in [1.807, 2.05) is 35.6 Å². The molecule has 4 aromatic rings. The quantitative estimate of drug-likeness (QED) is 0.555. The van der Waals surface area contributed by atoms with Gasteiger partial charge in [-0.15, -0.1) is 21.5 Å². The minimum absolute atomic E-state index is 0.0156. The van der Waals surface area contributed by atoms with Crippen LogP contribution in [0.25, 0.3) is 21.7 Å². The van der Waals surface area contributed by atoms with Crippen LogP contribution in [0.3, 0.4) is 0 Å². The standard InChI is InChI=1S/C18H17N5OS/c1-11-5-3-4-6-13(11)23-16(24)15-12-7-8-21(2)9-14(12)25-17(15)22-10-19-20-18(22)23/h3-6,10H,7-9H2,1-2H3/p+1. The Labute approximate surface area is 148 Å². The molecule has 1 unspecified atom stereocenters. The van der Waals surface area contributed by atoms with Crippen molar-refractivity contribution in [3.63, 3.8) is 0 Å². The van der Waals surface area contributed by atoms with Crippen LogP contribution in [0.4, 0.5) is 0 Å². The zero-order valence-corrected chi connectivity index (χ0v) is 14.9. The summed E-state index contributed by atoms with van der Waals surface area (Å²) < 4.78 is 3.67. The highest BCUT2D eigenvalue weighted by Crippen LogP contribution is 2.31. The maximum Gasteiger partial charge on any atom is 0.268 e. The molecule has 7 heteroatoms. The van der Waals surface area contributed by atoms with Crippen LogP contribution in [-0.2, 0) is 13.0 Å². The van der Waals surface area contributed by atoms with Crippen LogP contribution in [0.1, 0.15) is 16.0 Å². The molecule has 0 amide bonds. The molecule has 1 aliphatic rings. The van der Waals surface area contributed by atoms with E-state index in [0.717, 1.165) is 41.0 Å². The molecule has 4 heterocycles. The van der Waals surface area contributed by atoms with Crippen molar-refractivity contribution in [1.29, 1.82) is 0 Å². The lowest BCUT2D eigenvalue weighted by molar-refractivity contribution is -0.895. The molecule has 1 aliphatic heterocycles. The van der Waals surface area contributed by atoms with E-state index in [4.69, 9.17) is 0 Å². The Bertz CT molecular complexity index is 1190. The average Bonchev–Trinajstić information content (AvgIpc) is 3.20. The van der Waals surface area contributed by atoms with Crippen molar-refractivity contribution < 1.29 is 4.90 Å². The van der Waals surface area contributed by atoms with E-state index in [9.17, 15) is 4.79 Å². The number of para-hydroxylation sites is 1. The van der Waals surface area contributed by atoms with Crippen LogP contribution in [0.15, 0.2) is 35.4 Å². The van der Waals surface area contributed by atoms with Crippen LogP contribution >= 0.6 is 11.3 Å². The topological polar surface area (TPSA) is 56.6 Å². The van der Waals surface area contributed by atoms with Crippen LogP contribution in [0, 0.1) is 6.92 Å². The number of benzene rings is 1. The second-order valence-corrected chi connectivity index (χ2v) is 7.83. The van der Waals surface area contributed by atoms with E-state index in [0.29, 0.717) is 5.78 Å². The molecule has 6 nitrogen and oxygen atoms in total. The van der Waals surface area contributed by atoms with Gasteiger partial charge in [0.1, 0.15) is 17.7 Å². The zero-order valence-electron chi connectivity index (χ0n) is 14.1. The molecular formula is C18H18N5OS+. The van der Waals surface area contributed by atoms with E-state index >= 15 is 0 Å². The summed E-state index contributed by atoms with van der Waals surface area (Å²) in [5, 5.41) is 9.17. The summed E-state index contributed by atoms with van der Waals surface area (Å²) in [6.07, 6.45) is 2.65. The summed E-state index contributed by atoms with van der Waals surface area (Å²) in [6.45, 7) is 4.05. The van der Waals surface area contributed by atoms with Gasteiger partial charge in [-0.05, 0) is 24.1 Å². The third-order valence-electron chi connectivity index (χ3n) is 5.06. The van der Waals surface area contributed by atoms with Crippen molar-refractivity contribution in [1.82, 2.24) is 19.2 Å². The van der Waals surface area contributed by atoms with E-state index in [-0.39, 0.29) is 5.56 Å². The number of aryl methyl sites for hydroxylation is 1. The Kier molecular flexibility index (Phi) is 3.10. The molecule has 0 radical (unpaired) electrons. The molecule has 3 aromatic heterocycles. The summed E-state index contributed by atoms with van der Waals surface area (Å²) in [7, 11) is 2.20. The molecule has 1 N–H and O–H groups in total. The Morgan fingerprint density at radius 1 is 1.28 bits per heavy atom. The second-order valence-electron chi connectivity index (χ2n) is 6.75. The zero-order chi connectivity index (χ0) is 17.1. The molecule has 0 saturated carbocycles. The second kappa shape index (κ2) is 5.24. The molecule has 1 atom stereocenters. The lowest BCUT2D eigenvalue weighted by Crippen LogP contribution is -3.08. The molecule has 126 valence electrons. The molecule has 0 spiro atoms. The Balaban J connectivity index is 1.96. The Morgan fingerprint density at radius 2 is 2.12 bits per heavy atom. The van der Waals surface area contributed by atoms with Gasteiger partial charge in [-0.3, -0.25) is 9.20 Å². The first-order valence-corrected chi connectivity index (χ1v) is 9.23. The number of quaternary nitrogens is 1. The molecule has 25 heavy (non-hydrogen) atoms. The SMILES string of the molecule is Cc1ccccc1-n1c(=O)c2c3c(sc2n2cnnc12)C[NH+](C)CC3. The number of aromatic nitrogens is 4. The van der Waals surface area contributed by atoms with Gasteiger partial charge in [-0.1, -0.05) is 18.2 Å². The van der Waals surface area contributed by atoms with E-state index in [1.165, 1.54) is 15.3 Å². The highest BCUT2D eigenvalue weighted by atomic mass is 32.1. The summed E-state index contributed by atoms with van der Waals surface area (Å²) in [4.78, 5) is 17.3. The number of thiophene rings is 1. The molecule has 0 bridgehead atoms. The van der Waals surface area contributed by atoms with Crippen LogP contribution in [0.2, 0.25) is 0 Å². The molecule has 0 aliphatic carbocycles. The van der Waals surface area contributed by atoms with Gasteiger partial charge in [-0.2, -0.15) is 0 Å². The average molecular weight is 352 g/mol. The minimum atomic E-state index is 0.0156. The number of rotatable bonds is 1. The van der Waals surface area contributed by atoms with Gasteiger partial charge in [-0.25, -0.2) is 4.57 Å². The van der Waals surface area contributed by atoms with Crippen molar-refractivity contribution in [2.75, 3.05) is 13.6 Å². The van der Waals surface area contributed by atoms with Crippen molar-refractivity contribution >= 4 is 27.3 Å². The lowest BCUT2D eigenvalue weighted by Gasteiger charge is -2.19. The van der Waals surface area contributed by atoms with E-state index < -0.39 is 0 Å². The van der Waals surface area contributed by atoms with Gasteiger partial charge in [0, 0.05) is 6.42 Å². The number of fused-ring (bicyclic) bond motifs is 5. The van der Waals surface area contributed by atoms with Gasteiger partial charge in [0.2, 0.25) is 5.78 Å². The molecule has 5 rings (SSSR count). The lowest BCUT2D eigenvalue weighted by atomic mass is 10.1. The number of hydrogen-bond donors (Lipinski definition) is 1. The fourth-order valence-corrected chi connectivity index (χ4v) is 5.17. The Morgan fingerprint density at radius 3 is 2.96 bits per heavy atom. The highest BCUT2D eigenvalue weighted by Gasteiger charge is 2.26. The first-order valence-electron chi connectivity index (χ1n) is 8.41. The normalized spacial score (nSPS) is 17.3. The van der Waals surface area contributed by atoms with Gasteiger partial charge in [0.25, 0.3) is 5.56 Å². The van der Waals surface area contributed by atoms with Gasteiger partial charge >= 0.3 is 0 Å². The first-order chi connectivity index (χ1) is 12.1. The van der Waals surface area contributed by atoms with Gasteiger partial charge < -0.3 is 4.90 Å². The van der Waals surface area contributed by atoms with Crippen LogP contribution < -0.4 is 10.5 Å². The van der Waals surface area contributed by atoms with Crippen molar-refractivity contribution in [2.24, 2.45) is 0 Å². The fourth-order valence-electron chi connectivity index (χ4n) is 3.75. The largest absolute Gasteiger partial charge is 0.333 e. The maximum atomic E-state index is 13.5. The van der Waals surface area contributed by atoms with Gasteiger partial charge in [0.05, 0.1) is 29.5 Å². The third kappa shape index (κ3) is 2.03. The summed E-state index contributed by atoms with van der Waals surface area (Å²) in [6, 6.07) is 7.91. The predicted molar refractivity (Wildman–Crippen MR) is 97.9 cm³/mol. The minimum Gasteiger partial charge on any atom is -0.333 e. The molecule has 1 aromatic carbocycles. The first kappa shape index (κ1) is 14.8. The maximum absolute atomic E-state index is 13.5. The van der Waals surface area contributed by atoms with Crippen LogP contribution in [0.5, 0.6) is 0 Å². The predicted octanol–water partition coefficient (Wildman–Crippen LogP) is 0.974. The third-order valence-corrected chi connectivity index (χ3v) is 6.29. The molecular weight excluding hydrogens is 334 g/mol. The van der Waals surface area contributed by atoms with E-state index in [1.54, 1.807) is 22.2 Å². The monoisotopic (exact) mass is 352 g/mol. The smallest absolute Gasteiger partial charge is 0.268 e. The van der Waals surface area contributed by atoms with Crippen molar-refractivity contribution in [3.8, 4) is 5.69 Å². The number of nitrogens with zero attached hydrogens (tertiary/aromatic N) is 4. The van der Waals surface area contributed by atoms with Crippen molar-refractivity contribution in [2.45, 2.75) is 19.9 Å². The Hall–Kier alpha value is -2.51.